The molecule has 0 aromatic heterocycles. The standard InChI is InChI=1S/C9H20O4S.K/c1-2-9(10)7-5-3-4-6-8-14(11,12)13;/h9-10H,2-8H2,1H3,(H,11,12,13);/q;+1/p-1. The normalized spacial score (nSPS) is 13.3. The van der Waals surface area contributed by atoms with Crippen molar-refractivity contribution in [3.63, 3.8) is 0 Å². The topological polar surface area (TPSA) is 77.4 Å². The van der Waals surface area contributed by atoms with Crippen molar-refractivity contribution in [1.29, 1.82) is 0 Å². The monoisotopic (exact) mass is 262 g/mol. The fourth-order valence-electron chi connectivity index (χ4n) is 1.22. The van der Waals surface area contributed by atoms with E-state index in [-0.39, 0.29) is 63.2 Å². The van der Waals surface area contributed by atoms with Crippen molar-refractivity contribution in [3.8, 4) is 0 Å². The summed E-state index contributed by atoms with van der Waals surface area (Å²) in [5.74, 6) is -0.261. The Hall–Kier alpha value is 1.51. The van der Waals surface area contributed by atoms with E-state index in [2.05, 4.69) is 0 Å². The van der Waals surface area contributed by atoms with Gasteiger partial charge in [0.2, 0.25) is 0 Å². The van der Waals surface area contributed by atoms with Crippen molar-refractivity contribution >= 4 is 10.1 Å². The SMILES string of the molecule is CCC(O)CCCCCCS(=O)(=O)[O-].[K+]. The van der Waals surface area contributed by atoms with E-state index < -0.39 is 10.1 Å². The summed E-state index contributed by atoms with van der Waals surface area (Å²) in [6.07, 6.45) is 4.25. The van der Waals surface area contributed by atoms with Gasteiger partial charge < -0.3 is 9.66 Å². The second kappa shape index (κ2) is 10.6. The Kier molecular flexibility index (Phi) is 13.4. The second-order valence-corrected chi connectivity index (χ2v) is 5.05. The van der Waals surface area contributed by atoms with Crippen LogP contribution in [0.3, 0.4) is 0 Å². The molecule has 0 aromatic rings. The van der Waals surface area contributed by atoms with E-state index in [0.29, 0.717) is 6.42 Å². The zero-order chi connectivity index (χ0) is 11.0. The number of hydrogen-bond donors (Lipinski definition) is 1. The Morgan fingerprint density at radius 1 is 1.20 bits per heavy atom. The zero-order valence-corrected chi connectivity index (χ0v) is 13.5. The summed E-state index contributed by atoms with van der Waals surface area (Å²) in [5.41, 5.74) is 0. The molecule has 0 heterocycles. The quantitative estimate of drug-likeness (QED) is 0.320. The number of rotatable bonds is 8. The fourth-order valence-corrected chi connectivity index (χ4v) is 1.77. The van der Waals surface area contributed by atoms with Crippen LogP contribution >= 0.6 is 0 Å². The van der Waals surface area contributed by atoms with E-state index in [1.807, 2.05) is 6.92 Å². The number of hydrogen-bond acceptors (Lipinski definition) is 4. The molecule has 0 radical (unpaired) electrons. The second-order valence-electron chi connectivity index (χ2n) is 3.53. The van der Waals surface area contributed by atoms with Crippen molar-refractivity contribution in [2.75, 3.05) is 5.75 Å². The van der Waals surface area contributed by atoms with Crippen LogP contribution in [0.5, 0.6) is 0 Å². The maximum Gasteiger partial charge on any atom is 1.00 e. The minimum atomic E-state index is -4.03. The molecule has 0 fully saturated rings. The molecular formula is C9H19KO4S. The average molecular weight is 262 g/mol. The van der Waals surface area contributed by atoms with Crippen LogP contribution in [0, 0.1) is 0 Å². The molecule has 0 rings (SSSR count). The van der Waals surface area contributed by atoms with Gasteiger partial charge >= 0.3 is 51.4 Å². The van der Waals surface area contributed by atoms with Crippen LogP contribution in [-0.4, -0.2) is 29.9 Å². The number of aliphatic hydroxyl groups is 1. The third-order valence-corrected chi connectivity index (χ3v) is 2.94. The van der Waals surface area contributed by atoms with Crippen LogP contribution in [-0.2, 0) is 10.1 Å². The summed E-state index contributed by atoms with van der Waals surface area (Å²) in [6.45, 7) is 1.93. The molecule has 0 bridgehead atoms. The molecule has 0 amide bonds. The van der Waals surface area contributed by atoms with E-state index in [0.717, 1.165) is 32.1 Å². The van der Waals surface area contributed by atoms with Gasteiger partial charge in [0.05, 0.1) is 16.2 Å². The molecule has 0 saturated heterocycles. The Morgan fingerprint density at radius 2 is 1.73 bits per heavy atom. The summed E-state index contributed by atoms with van der Waals surface area (Å²) in [6, 6.07) is 0. The molecule has 0 saturated carbocycles. The Bertz CT molecular complexity index is 228. The Balaban J connectivity index is 0. The van der Waals surface area contributed by atoms with E-state index in [9.17, 15) is 18.1 Å². The first kappa shape index (κ1) is 18.9. The first-order chi connectivity index (χ1) is 6.45. The molecule has 1 unspecified atom stereocenters. The maximum absolute atomic E-state index is 10.2. The third kappa shape index (κ3) is 15.5. The van der Waals surface area contributed by atoms with Crippen molar-refractivity contribution < 1.29 is 69.5 Å². The fraction of sp³-hybridized carbons (Fsp3) is 1.00. The van der Waals surface area contributed by atoms with Gasteiger partial charge in [0.15, 0.2) is 0 Å². The largest absolute Gasteiger partial charge is 1.00 e. The van der Waals surface area contributed by atoms with Gasteiger partial charge in [-0.25, -0.2) is 8.42 Å². The van der Waals surface area contributed by atoms with Gasteiger partial charge in [-0.1, -0.05) is 26.2 Å². The van der Waals surface area contributed by atoms with Crippen LogP contribution < -0.4 is 51.4 Å². The number of aliphatic hydroxyl groups excluding tert-OH is 1. The smallest absolute Gasteiger partial charge is 0.748 e. The van der Waals surface area contributed by atoms with Crippen molar-refractivity contribution in [2.24, 2.45) is 0 Å². The molecule has 0 aliphatic carbocycles. The van der Waals surface area contributed by atoms with Gasteiger partial charge in [0.1, 0.15) is 0 Å². The number of unbranched alkanes of at least 4 members (excludes halogenated alkanes) is 3. The predicted octanol–water partition coefficient (Wildman–Crippen LogP) is -1.74. The van der Waals surface area contributed by atoms with Gasteiger partial charge in [0.25, 0.3) is 0 Å². The molecule has 1 N–H and O–H groups in total. The van der Waals surface area contributed by atoms with E-state index in [1.54, 1.807) is 0 Å². The summed E-state index contributed by atoms with van der Waals surface area (Å²) < 4.78 is 30.7. The molecule has 15 heavy (non-hydrogen) atoms. The van der Waals surface area contributed by atoms with Crippen molar-refractivity contribution in [1.82, 2.24) is 0 Å². The average Bonchev–Trinajstić information content (AvgIpc) is 2.08. The minimum absolute atomic E-state index is 0. The first-order valence-electron chi connectivity index (χ1n) is 5.07. The van der Waals surface area contributed by atoms with Gasteiger partial charge in [-0.05, 0) is 19.3 Å². The molecule has 0 spiro atoms. The molecule has 4 nitrogen and oxygen atoms in total. The van der Waals surface area contributed by atoms with E-state index >= 15 is 0 Å². The summed E-state index contributed by atoms with van der Waals surface area (Å²) in [5, 5.41) is 9.20. The van der Waals surface area contributed by atoms with Crippen LogP contribution in [0.1, 0.15) is 45.4 Å². The minimum Gasteiger partial charge on any atom is -0.748 e. The maximum atomic E-state index is 10.2. The third-order valence-electron chi connectivity index (χ3n) is 2.15. The van der Waals surface area contributed by atoms with Crippen LogP contribution in [0.25, 0.3) is 0 Å². The van der Waals surface area contributed by atoms with E-state index in [1.165, 1.54) is 0 Å². The van der Waals surface area contributed by atoms with Crippen LogP contribution in [0.4, 0.5) is 0 Å². The van der Waals surface area contributed by atoms with Gasteiger partial charge in [-0.3, -0.25) is 0 Å². The van der Waals surface area contributed by atoms with Gasteiger partial charge in [-0.15, -0.1) is 0 Å². The predicted molar refractivity (Wildman–Crippen MR) is 53.9 cm³/mol. The van der Waals surface area contributed by atoms with Crippen molar-refractivity contribution in [3.05, 3.63) is 0 Å². The molecule has 1 atom stereocenters. The molecule has 0 aromatic carbocycles. The Labute approximate surface area is 135 Å². The van der Waals surface area contributed by atoms with Crippen molar-refractivity contribution in [2.45, 2.75) is 51.6 Å². The molecule has 6 heteroatoms. The summed E-state index contributed by atoms with van der Waals surface area (Å²) in [7, 11) is -4.03. The Morgan fingerprint density at radius 3 is 2.20 bits per heavy atom. The van der Waals surface area contributed by atoms with Gasteiger partial charge in [0, 0.05) is 5.75 Å². The molecular weight excluding hydrogens is 243 g/mol. The summed E-state index contributed by atoms with van der Waals surface area (Å²) >= 11 is 0. The van der Waals surface area contributed by atoms with Gasteiger partial charge in [-0.2, -0.15) is 0 Å². The van der Waals surface area contributed by atoms with Crippen LogP contribution in [0.2, 0.25) is 0 Å². The van der Waals surface area contributed by atoms with Crippen LogP contribution in [0.15, 0.2) is 0 Å². The summed E-state index contributed by atoms with van der Waals surface area (Å²) in [4.78, 5) is 0. The molecule has 86 valence electrons. The molecule has 0 aliphatic heterocycles. The first-order valence-corrected chi connectivity index (χ1v) is 6.65. The van der Waals surface area contributed by atoms with E-state index in [4.69, 9.17) is 0 Å². The zero-order valence-electron chi connectivity index (χ0n) is 9.61. The molecule has 0 aliphatic rings.